The predicted molar refractivity (Wildman–Crippen MR) is 104 cm³/mol. The highest BCUT2D eigenvalue weighted by molar-refractivity contribution is 7.20. The van der Waals surface area contributed by atoms with Crippen molar-refractivity contribution in [3.8, 4) is 11.6 Å². The molecular weight excluding hydrogens is 374 g/mol. The van der Waals surface area contributed by atoms with Crippen molar-refractivity contribution < 1.29 is 14.3 Å². The molecule has 1 aromatic carbocycles. The summed E-state index contributed by atoms with van der Waals surface area (Å²) in [6.07, 6.45) is 1.44. The summed E-state index contributed by atoms with van der Waals surface area (Å²) < 4.78 is 10.9. The van der Waals surface area contributed by atoms with Gasteiger partial charge in [-0.15, -0.1) is 11.3 Å². The van der Waals surface area contributed by atoms with Gasteiger partial charge in [-0.05, 0) is 38.0 Å². The van der Waals surface area contributed by atoms with Gasteiger partial charge in [-0.3, -0.25) is 4.79 Å². The van der Waals surface area contributed by atoms with E-state index in [-0.39, 0.29) is 5.91 Å². The molecule has 0 aliphatic carbocycles. The zero-order valence-electron chi connectivity index (χ0n) is 14.8. The molecule has 0 spiro atoms. The maximum absolute atomic E-state index is 12.9. The first-order valence-corrected chi connectivity index (χ1v) is 9.18. The fourth-order valence-corrected chi connectivity index (χ4v) is 3.80. The molecule has 0 radical (unpaired) electrons. The minimum atomic E-state index is -0.243. The van der Waals surface area contributed by atoms with Crippen molar-refractivity contribution in [3.05, 3.63) is 39.5 Å². The molecular formula is C18H18ClN3O3S. The van der Waals surface area contributed by atoms with E-state index in [4.69, 9.17) is 21.1 Å². The van der Waals surface area contributed by atoms with Crippen molar-refractivity contribution in [2.45, 2.75) is 20.8 Å². The highest BCUT2D eigenvalue weighted by Crippen LogP contribution is 2.36. The second-order valence-corrected chi connectivity index (χ2v) is 7.01. The number of halogens is 1. The van der Waals surface area contributed by atoms with E-state index in [1.54, 1.807) is 12.1 Å². The van der Waals surface area contributed by atoms with E-state index < -0.39 is 0 Å². The molecule has 8 heteroatoms. The topological polar surface area (TPSA) is 73.3 Å². The summed E-state index contributed by atoms with van der Waals surface area (Å²) in [4.78, 5) is 22.6. The number of benzene rings is 1. The number of hydrogen-bond acceptors (Lipinski definition) is 6. The van der Waals surface area contributed by atoms with Gasteiger partial charge in [-0.1, -0.05) is 11.6 Å². The van der Waals surface area contributed by atoms with Crippen LogP contribution in [0.1, 0.15) is 27.7 Å². The van der Waals surface area contributed by atoms with E-state index in [1.165, 1.54) is 24.8 Å². The highest BCUT2D eigenvalue weighted by atomic mass is 35.5. The zero-order valence-corrected chi connectivity index (χ0v) is 16.4. The lowest BCUT2D eigenvalue weighted by atomic mass is 10.1. The van der Waals surface area contributed by atoms with E-state index in [1.807, 2.05) is 20.8 Å². The van der Waals surface area contributed by atoms with Crippen LogP contribution < -0.4 is 14.8 Å². The van der Waals surface area contributed by atoms with E-state index in [2.05, 4.69) is 15.3 Å². The van der Waals surface area contributed by atoms with Crippen molar-refractivity contribution in [1.29, 1.82) is 0 Å². The number of methoxy groups -OCH3 is 1. The number of thiophene rings is 1. The Balaban J connectivity index is 2.00. The average Bonchev–Trinajstić information content (AvgIpc) is 2.96. The number of amides is 1. The number of ether oxygens (including phenoxy) is 2. The van der Waals surface area contributed by atoms with Crippen LogP contribution in [0.3, 0.4) is 0 Å². The number of fused-ring (bicyclic) bond motifs is 1. The Hall–Kier alpha value is -2.38. The monoisotopic (exact) mass is 391 g/mol. The Kier molecular flexibility index (Phi) is 5.29. The number of carbonyl (C=O) groups is 1. The van der Waals surface area contributed by atoms with Crippen molar-refractivity contribution in [1.82, 2.24) is 9.97 Å². The standard InChI is InChI=1S/C18H18ClN3O3S/c1-5-25-17-14-10(3)15(26-18(14)21-8-20-17)16(23)22-12-6-9(2)11(19)7-13(12)24-4/h6-8H,5H2,1-4H3,(H,22,23). The van der Waals surface area contributed by atoms with E-state index >= 15 is 0 Å². The molecule has 3 aromatic rings. The maximum atomic E-state index is 12.9. The van der Waals surface area contributed by atoms with Gasteiger partial charge in [0.05, 0.1) is 29.7 Å². The van der Waals surface area contributed by atoms with Crippen LogP contribution in [0, 0.1) is 13.8 Å². The zero-order chi connectivity index (χ0) is 18.8. The number of aryl methyl sites for hydroxylation is 2. The smallest absolute Gasteiger partial charge is 0.266 e. The number of hydrogen-bond donors (Lipinski definition) is 1. The van der Waals surface area contributed by atoms with E-state index in [9.17, 15) is 4.79 Å². The van der Waals surface area contributed by atoms with Crippen LogP contribution >= 0.6 is 22.9 Å². The summed E-state index contributed by atoms with van der Waals surface area (Å²) in [5.41, 5.74) is 2.20. The first-order valence-electron chi connectivity index (χ1n) is 7.98. The molecule has 0 aliphatic heterocycles. The Morgan fingerprint density at radius 3 is 2.77 bits per heavy atom. The average molecular weight is 392 g/mol. The van der Waals surface area contributed by atoms with Gasteiger partial charge in [-0.2, -0.15) is 0 Å². The van der Waals surface area contributed by atoms with Crippen LogP contribution in [0.4, 0.5) is 5.69 Å². The van der Waals surface area contributed by atoms with Gasteiger partial charge < -0.3 is 14.8 Å². The Labute approximate surface area is 160 Å². The lowest BCUT2D eigenvalue weighted by Crippen LogP contribution is -2.12. The molecule has 0 fully saturated rings. The van der Waals surface area contributed by atoms with Crippen molar-refractivity contribution >= 4 is 44.7 Å². The highest BCUT2D eigenvalue weighted by Gasteiger charge is 2.21. The third-order valence-electron chi connectivity index (χ3n) is 3.91. The minimum absolute atomic E-state index is 0.243. The fraction of sp³-hybridized carbons (Fsp3) is 0.278. The van der Waals surface area contributed by atoms with Gasteiger partial charge in [0.1, 0.15) is 16.9 Å². The normalized spacial score (nSPS) is 10.8. The maximum Gasteiger partial charge on any atom is 0.266 e. The van der Waals surface area contributed by atoms with Crippen LogP contribution in [0.25, 0.3) is 10.2 Å². The third kappa shape index (κ3) is 3.32. The van der Waals surface area contributed by atoms with E-state index in [0.717, 1.165) is 16.5 Å². The number of aromatic nitrogens is 2. The van der Waals surface area contributed by atoms with Crippen molar-refractivity contribution in [2.24, 2.45) is 0 Å². The molecule has 2 heterocycles. The predicted octanol–water partition coefficient (Wildman–Crippen LogP) is 4.62. The molecule has 2 aromatic heterocycles. The third-order valence-corrected chi connectivity index (χ3v) is 5.51. The van der Waals surface area contributed by atoms with Gasteiger partial charge >= 0.3 is 0 Å². The lowest BCUT2D eigenvalue weighted by molar-refractivity contribution is 0.102. The van der Waals surface area contributed by atoms with Crippen LogP contribution in [-0.4, -0.2) is 29.6 Å². The summed E-state index contributed by atoms with van der Waals surface area (Å²) in [5.74, 6) is 0.751. The van der Waals surface area contributed by atoms with E-state index in [0.29, 0.717) is 38.7 Å². The SMILES string of the molecule is CCOc1ncnc2sc(C(=O)Nc3cc(C)c(Cl)cc3OC)c(C)c12. The minimum Gasteiger partial charge on any atom is -0.495 e. The van der Waals surface area contributed by atoms with Crippen LogP contribution in [0.5, 0.6) is 11.6 Å². The van der Waals surface area contributed by atoms with Crippen molar-refractivity contribution in [3.63, 3.8) is 0 Å². The first-order chi connectivity index (χ1) is 12.5. The molecule has 0 aliphatic rings. The number of carbonyl (C=O) groups excluding carboxylic acids is 1. The molecule has 6 nitrogen and oxygen atoms in total. The van der Waals surface area contributed by atoms with Crippen LogP contribution in [0.15, 0.2) is 18.5 Å². The number of nitrogens with zero attached hydrogens (tertiary/aromatic N) is 2. The Bertz CT molecular complexity index is 987. The number of nitrogens with one attached hydrogen (secondary N) is 1. The molecule has 0 saturated carbocycles. The molecule has 0 atom stereocenters. The summed E-state index contributed by atoms with van der Waals surface area (Å²) in [7, 11) is 1.53. The fourth-order valence-electron chi connectivity index (χ4n) is 2.61. The second kappa shape index (κ2) is 7.47. The van der Waals surface area contributed by atoms with Crippen LogP contribution in [0.2, 0.25) is 5.02 Å². The summed E-state index contributed by atoms with van der Waals surface area (Å²) >= 11 is 7.43. The first kappa shape index (κ1) is 18.4. The summed E-state index contributed by atoms with van der Waals surface area (Å²) in [6.45, 7) is 6.11. The lowest BCUT2D eigenvalue weighted by Gasteiger charge is -2.12. The molecule has 26 heavy (non-hydrogen) atoms. The van der Waals surface area contributed by atoms with Gasteiger partial charge in [0, 0.05) is 11.1 Å². The van der Waals surface area contributed by atoms with Gasteiger partial charge in [-0.25, -0.2) is 9.97 Å². The van der Waals surface area contributed by atoms with Gasteiger partial charge in [0.2, 0.25) is 5.88 Å². The molecule has 0 bridgehead atoms. The molecule has 0 unspecified atom stereocenters. The second-order valence-electron chi connectivity index (χ2n) is 5.60. The molecule has 0 saturated heterocycles. The Morgan fingerprint density at radius 1 is 1.31 bits per heavy atom. The largest absolute Gasteiger partial charge is 0.495 e. The number of anilines is 1. The van der Waals surface area contributed by atoms with Crippen molar-refractivity contribution in [2.75, 3.05) is 19.0 Å². The van der Waals surface area contributed by atoms with Crippen LogP contribution in [-0.2, 0) is 0 Å². The summed E-state index contributed by atoms with van der Waals surface area (Å²) in [6, 6.07) is 3.47. The molecule has 3 rings (SSSR count). The molecule has 1 amide bonds. The number of rotatable bonds is 5. The van der Waals surface area contributed by atoms with Gasteiger partial charge in [0.15, 0.2) is 0 Å². The van der Waals surface area contributed by atoms with Gasteiger partial charge in [0.25, 0.3) is 5.91 Å². The quantitative estimate of drug-likeness (QED) is 0.686. The molecule has 136 valence electrons. The molecule has 1 N–H and O–H groups in total. The Morgan fingerprint density at radius 2 is 2.08 bits per heavy atom. The summed E-state index contributed by atoms with van der Waals surface area (Å²) in [5, 5.41) is 4.24.